The van der Waals surface area contributed by atoms with Crippen LogP contribution in [0.1, 0.15) is 0 Å². The zero-order valence-electron chi connectivity index (χ0n) is 32.5. The Morgan fingerprint density at radius 3 is 1.08 bits per heavy atom. The maximum absolute atomic E-state index is 5.32. The van der Waals surface area contributed by atoms with Crippen LogP contribution < -0.4 is 0 Å². The molecule has 0 saturated carbocycles. The minimum absolute atomic E-state index is 0.640. The Balaban J connectivity index is 1.11. The van der Waals surface area contributed by atoms with Crippen molar-refractivity contribution < 1.29 is 0 Å². The van der Waals surface area contributed by atoms with Crippen molar-refractivity contribution in [2.24, 2.45) is 0 Å². The average molecular weight is 762 g/mol. The lowest BCUT2D eigenvalue weighted by Crippen LogP contribution is -2.01. The van der Waals surface area contributed by atoms with Crippen LogP contribution >= 0.6 is 0 Å². The third-order valence-corrected chi connectivity index (χ3v) is 12.1. The summed E-state index contributed by atoms with van der Waals surface area (Å²) >= 11 is 0. The molecule has 0 aliphatic rings. The first-order valence-electron chi connectivity index (χ1n) is 20.4. The van der Waals surface area contributed by atoms with E-state index in [1.165, 1.54) is 54.6 Å². The standard InChI is InChI=1S/C57H35N3/c1-2-16-38(17-3-1)51-34-53-46-29-13-12-28-45(46)52(35-54(53)44-27-11-10-26-43(44)51)47-32-33-50(42-25-9-8-24-41(42)47)57-59-55(48-30-14-20-36-18-4-6-22-39(36)48)58-56(60-57)49-31-15-21-37-19-5-7-23-40(37)49/h1-35H. The number of nitrogens with zero attached hydrogens (tertiary/aromatic N) is 3. The molecule has 0 atom stereocenters. The summed E-state index contributed by atoms with van der Waals surface area (Å²) in [5.74, 6) is 1.94. The number of hydrogen-bond donors (Lipinski definition) is 0. The molecule has 1 heterocycles. The highest BCUT2D eigenvalue weighted by Crippen LogP contribution is 2.44. The van der Waals surface area contributed by atoms with Crippen molar-refractivity contribution in [1.82, 2.24) is 15.0 Å². The summed E-state index contributed by atoms with van der Waals surface area (Å²) in [6.07, 6.45) is 0. The first-order valence-corrected chi connectivity index (χ1v) is 20.4. The summed E-state index contributed by atoms with van der Waals surface area (Å²) in [5.41, 5.74) is 7.74. The van der Waals surface area contributed by atoms with E-state index >= 15 is 0 Å². The zero-order chi connectivity index (χ0) is 39.6. The van der Waals surface area contributed by atoms with Gasteiger partial charge in [-0.15, -0.1) is 0 Å². The highest BCUT2D eigenvalue weighted by Gasteiger charge is 2.20. The molecule has 0 aliphatic heterocycles. The average Bonchev–Trinajstić information content (AvgIpc) is 3.33. The lowest BCUT2D eigenvalue weighted by molar-refractivity contribution is 1.08. The molecule has 3 heteroatoms. The fourth-order valence-corrected chi connectivity index (χ4v) is 9.34. The lowest BCUT2D eigenvalue weighted by Gasteiger charge is -2.18. The summed E-state index contributed by atoms with van der Waals surface area (Å²) in [7, 11) is 0. The van der Waals surface area contributed by atoms with Crippen LogP contribution in [0.4, 0.5) is 0 Å². The van der Waals surface area contributed by atoms with Crippen LogP contribution in [0.5, 0.6) is 0 Å². The minimum atomic E-state index is 0.640. The summed E-state index contributed by atoms with van der Waals surface area (Å²) in [5, 5.41) is 14.2. The third kappa shape index (κ3) is 5.48. The van der Waals surface area contributed by atoms with Gasteiger partial charge >= 0.3 is 0 Å². The van der Waals surface area contributed by atoms with Crippen LogP contribution in [-0.4, -0.2) is 15.0 Å². The maximum Gasteiger partial charge on any atom is 0.164 e. The lowest BCUT2D eigenvalue weighted by atomic mass is 9.86. The highest BCUT2D eigenvalue weighted by atomic mass is 15.0. The Morgan fingerprint density at radius 1 is 0.200 bits per heavy atom. The zero-order valence-corrected chi connectivity index (χ0v) is 32.5. The van der Waals surface area contributed by atoms with Gasteiger partial charge in [-0.05, 0) is 105 Å². The van der Waals surface area contributed by atoms with Crippen molar-refractivity contribution in [2.75, 3.05) is 0 Å². The molecular weight excluding hydrogens is 727 g/mol. The maximum atomic E-state index is 5.32. The molecule has 12 rings (SSSR count). The number of rotatable bonds is 5. The Bertz CT molecular complexity index is 3560. The van der Waals surface area contributed by atoms with Gasteiger partial charge in [-0.25, -0.2) is 15.0 Å². The van der Waals surface area contributed by atoms with Crippen molar-refractivity contribution in [3.8, 4) is 56.4 Å². The van der Waals surface area contributed by atoms with E-state index in [9.17, 15) is 0 Å². The predicted octanol–water partition coefficient (Wildman–Crippen LogP) is 15.1. The second kappa shape index (κ2) is 13.8. The summed E-state index contributed by atoms with van der Waals surface area (Å²) in [6.45, 7) is 0. The monoisotopic (exact) mass is 761 g/mol. The van der Waals surface area contributed by atoms with Gasteiger partial charge in [-0.1, -0.05) is 194 Å². The smallest absolute Gasteiger partial charge is 0.164 e. The van der Waals surface area contributed by atoms with E-state index in [2.05, 4.69) is 212 Å². The third-order valence-electron chi connectivity index (χ3n) is 12.1. The molecule has 0 amide bonds. The quantitative estimate of drug-likeness (QED) is 0.164. The van der Waals surface area contributed by atoms with E-state index in [0.29, 0.717) is 17.5 Å². The largest absolute Gasteiger partial charge is 0.208 e. The normalized spacial score (nSPS) is 11.7. The van der Waals surface area contributed by atoms with Gasteiger partial charge in [0, 0.05) is 16.7 Å². The number of aromatic nitrogens is 3. The molecule has 0 fully saturated rings. The van der Waals surface area contributed by atoms with Gasteiger partial charge in [-0.3, -0.25) is 0 Å². The van der Waals surface area contributed by atoms with Crippen LogP contribution in [0.15, 0.2) is 212 Å². The fraction of sp³-hybridized carbons (Fsp3) is 0. The van der Waals surface area contributed by atoms with Crippen molar-refractivity contribution in [2.45, 2.75) is 0 Å². The fourth-order valence-electron chi connectivity index (χ4n) is 9.34. The minimum Gasteiger partial charge on any atom is -0.208 e. The van der Waals surface area contributed by atoms with Gasteiger partial charge in [-0.2, -0.15) is 0 Å². The molecule has 0 spiro atoms. The van der Waals surface area contributed by atoms with Crippen LogP contribution in [-0.2, 0) is 0 Å². The Kier molecular flexibility index (Phi) is 7.85. The molecule has 0 aliphatic carbocycles. The summed E-state index contributed by atoms with van der Waals surface area (Å²) < 4.78 is 0. The Labute approximate surface area is 346 Å². The Morgan fingerprint density at radius 2 is 0.550 bits per heavy atom. The number of fused-ring (bicyclic) bond motifs is 8. The molecule has 0 N–H and O–H groups in total. The van der Waals surface area contributed by atoms with E-state index in [4.69, 9.17) is 15.0 Å². The van der Waals surface area contributed by atoms with Crippen molar-refractivity contribution in [3.63, 3.8) is 0 Å². The predicted molar refractivity (Wildman–Crippen MR) is 252 cm³/mol. The molecule has 1 aromatic heterocycles. The van der Waals surface area contributed by atoms with Gasteiger partial charge in [0.2, 0.25) is 0 Å². The molecule has 0 unspecified atom stereocenters. The van der Waals surface area contributed by atoms with Crippen LogP contribution in [0, 0.1) is 0 Å². The molecule has 0 bridgehead atoms. The van der Waals surface area contributed by atoms with Gasteiger partial charge < -0.3 is 0 Å². The van der Waals surface area contributed by atoms with E-state index in [0.717, 1.165) is 49.0 Å². The van der Waals surface area contributed by atoms with Gasteiger partial charge in [0.1, 0.15) is 0 Å². The van der Waals surface area contributed by atoms with Crippen LogP contribution in [0.3, 0.4) is 0 Å². The SMILES string of the molecule is c1ccc(-c2cc3c4ccccc4c(-c4ccc(-c5nc(-c6cccc7ccccc67)nc(-c6cccc7ccccc67)n5)c5ccccc45)cc3c3ccccc23)cc1. The van der Waals surface area contributed by atoms with Crippen LogP contribution in [0.25, 0.3) is 121 Å². The van der Waals surface area contributed by atoms with Gasteiger partial charge in [0.15, 0.2) is 17.5 Å². The molecule has 12 aromatic rings. The topological polar surface area (TPSA) is 38.7 Å². The second-order valence-corrected chi connectivity index (χ2v) is 15.5. The first kappa shape index (κ1) is 34.1. The first-order chi connectivity index (χ1) is 29.8. The van der Waals surface area contributed by atoms with Crippen molar-refractivity contribution >= 4 is 64.6 Å². The van der Waals surface area contributed by atoms with E-state index < -0.39 is 0 Å². The van der Waals surface area contributed by atoms with Gasteiger partial charge in [0.05, 0.1) is 0 Å². The molecule has 3 nitrogen and oxygen atoms in total. The second-order valence-electron chi connectivity index (χ2n) is 15.5. The number of benzene rings is 11. The molecule has 60 heavy (non-hydrogen) atoms. The van der Waals surface area contributed by atoms with Crippen molar-refractivity contribution in [3.05, 3.63) is 212 Å². The molecule has 278 valence electrons. The molecule has 11 aromatic carbocycles. The van der Waals surface area contributed by atoms with E-state index in [-0.39, 0.29) is 0 Å². The number of hydrogen-bond acceptors (Lipinski definition) is 3. The van der Waals surface area contributed by atoms with Crippen molar-refractivity contribution in [1.29, 1.82) is 0 Å². The van der Waals surface area contributed by atoms with E-state index in [1.54, 1.807) is 0 Å². The molecule has 0 radical (unpaired) electrons. The Hall–Kier alpha value is -8.01. The summed E-state index contributed by atoms with van der Waals surface area (Å²) in [4.78, 5) is 15.9. The molecular formula is C57H35N3. The van der Waals surface area contributed by atoms with E-state index in [1.807, 2.05) is 0 Å². The van der Waals surface area contributed by atoms with Gasteiger partial charge in [0.25, 0.3) is 0 Å². The van der Waals surface area contributed by atoms with Crippen LogP contribution in [0.2, 0.25) is 0 Å². The summed E-state index contributed by atoms with van der Waals surface area (Å²) in [6, 6.07) is 76.0. The molecule has 0 saturated heterocycles. The highest BCUT2D eigenvalue weighted by molar-refractivity contribution is 6.25.